The number of amides is 9. The number of ether oxygens (including phenoxy) is 4. The number of rotatable bonds is 30. The third-order valence-corrected chi connectivity index (χ3v) is 9.79. The van der Waals surface area contributed by atoms with Gasteiger partial charge in [0.1, 0.15) is 25.3 Å². The van der Waals surface area contributed by atoms with Crippen LogP contribution in [0.5, 0.6) is 0 Å². The van der Waals surface area contributed by atoms with Gasteiger partial charge in [0.05, 0.1) is 19.8 Å². The molecule has 0 fully saturated rings. The number of benzene rings is 1. The summed E-state index contributed by atoms with van der Waals surface area (Å²) in [6.07, 6.45) is 2.77. The number of nitrogens with two attached hydrogens (primary N) is 1. The number of imide groups is 1. The van der Waals surface area contributed by atoms with Gasteiger partial charge in [-0.1, -0.05) is 32.4 Å². The lowest BCUT2D eigenvalue weighted by Crippen LogP contribution is -2.54. The van der Waals surface area contributed by atoms with Crippen molar-refractivity contribution in [3.05, 3.63) is 42.0 Å². The number of hydrogen-bond acceptors (Lipinski definition) is 15. The largest absolute Gasteiger partial charge is 0.461 e. The van der Waals surface area contributed by atoms with Crippen LogP contribution in [0.1, 0.15) is 71.3 Å². The molecule has 1 aliphatic rings. The van der Waals surface area contributed by atoms with Crippen LogP contribution < -0.4 is 41.8 Å². The molecule has 0 bridgehead atoms. The van der Waals surface area contributed by atoms with Crippen LogP contribution in [-0.4, -0.2) is 132 Å². The summed E-state index contributed by atoms with van der Waals surface area (Å²) in [5.41, 5.74) is 6.20. The first-order valence-electron chi connectivity index (χ1n) is 20.5. The molecule has 9 amide bonds. The molecule has 1 aromatic carbocycles. The fourth-order valence-corrected chi connectivity index (χ4v) is 6.21. The van der Waals surface area contributed by atoms with Gasteiger partial charge in [-0.15, -0.1) is 0 Å². The Morgan fingerprint density at radius 2 is 1.41 bits per heavy atom. The van der Waals surface area contributed by atoms with Crippen molar-refractivity contribution in [1.82, 2.24) is 35.6 Å². The van der Waals surface area contributed by atoms with Crippen LogP contribution in [-0.2, 0) is 64.5 Å². The first kappa shape index (κ1) is 53.8. The smallest absolute Gasteiger partial charge is 0.421 e. The van der Waals surface area contributed by atoms with E-state index >= 15 is 0 Å². The number of unbranched alkanes of at least 4 members (excludes halogenated alkanes) is 2. The number of nitrogens with zero attached hydrogens (tertiary/aromatic N) is 1. The van der Waals surface area contributed by atoms with Gasteiger partial charge in [-0.2, -0.15) is 13.1 Å². The summed E-state index contributed by atoms with van der Waals surface area (Å²) >= 11 is 0. The van der Waals surface area contributed by atoms with Gasteiger partial charge in [-0.25, -0.2) is 19.1 Å². The molecule has 0 aliphatic carbocycles. The molecule has 0 saturated heterocycles. The predicted octanol–water partition coefficient (Wildman–Crippen LogP) is -0.0588. The van der Waals surface area contributed by atoms with E-state index in [0.29, 0.717) is 30.5 Å². The monoisotopic (exact) mass is 925 g/mol. The maximum absolute atomic E-state index is 13.3. The lowest BCUT2D eigenvalue weighted by Gasteiger charge is -2.25. The van der Waals surface area contributed by atoms with Crippen molar-refractivity contribution >= 4 is 69.6 Å². The van der Waals surface area contributed by atoms with Crippen LogP contribution in [0.2, 0.25) is 0 Å². The molecule has 1 aliphatic heterocycles. The molecule has 64 heavy (non-hydrogen) atoms. The Balaban J connectivity index is 1.65. The summed E-state index contributed by atoms with van der Waals surface area (Å²) < 4.78 is 48.2. The SMILES string of the molecule is CC(=O)OCc1ccc(NC(=O)[C@@H](CCCNC(N)=O)NC(=O)C(NC(=O)OCCOCCNS(=O)(=O)NC(=O)OCCCNC(=O)CCCCCN2C(=O)C=CC2=O)C(C)C)cc1. The molecule has 1 heterocycles. The molecule has 2 atom stereocenters. The van der Waals surface area contributed by atoms with Crippen LogP contribution in [0.3, 0.4) is 0 Å². The number of carbonyl (C=O) groups is 9. The van der Waals surface area contributed by atoms with Crippen molar-refractivity contribution < 1.29 is 70.5 Å². The van der Waals surface area contributed by atoms with Crippen molar-refractivity contribution in [1.29, 1.82) is 0 Å². The minimum Gasteiger partial charge on any atom is -0.461 e. The topological polar surface area (TPSA) is 338 Å². The van der Waals surface area contributed by atoms with E-state index in [1.165, 1.54) is 19.1 Å². The van der Waals surface area contributed by atoms with Crippen molar-refractivity contribution in [3.8, 4) is 0 Å². The van der Waals surface area contributed by atoms with Crippen LogP contribution in [0.15, 0.2) is 36.4 Å². The maximum Gasteiger partial charge on any atom is 0.421 e. The van der Waals surface area contributed by atoms with Gasteiger partial charge < -0.3 is 51.3 Å². The van der Waals surface area contributed by atoms with E-state index in [4.69, 9.17) is 24.7 Å². The second kappa shape index (κ2) is 29.1. The Bertz CT molecular complexity index is 1880. The first-order valence-corrected chi connectivity index (χ1v) is 22.0. The Kier molecular flexibility index (Phi) is 24.5. The standard InChI is InChI=1S/C39H59N9O15S/c1-26(2)34(36(54)45-30(9-7-17-42-37(40)55)35(53)44-29-13-11-28(12-14-29)25-63-27(3)49)46-38(56)62-24-23-60-22-19-43-64(58,59)47-39(57)61-21-8-18-41-31(50)10-5-4-6-20-48-32(51)15-16-33(48)52/h11-16,26,30,34,43H,4-10,17-25H2,1-3H3,(H,41,50)(H,44,53)(H,45,54)(H,46,56)(H,47,57)(H3,40,42,55)/t30-,34?/m1/s1. The van der Waals surface area contributed by atoms with Crippen molar-refractivity contribution in [2.45, 2.75) is 84.4 Å². The number of esters is 1. The normalized spacial score (nSPS) is 13.1. The highest BCUT2D eigenvalue weighted by Crippen LogP contribution is 2.13. The Morgan fingerprint density at radius 3 is 2.06 bits per heavy atom. The highest BCUT2D eigenvalue weighted by molar-refractivity contribution is 7.88. The van der Waals surface area contributed by atoms with Gasteiger partial charge in [0.2, 0.25) is 17.7 Å². The van der Waals surface area contributed by atoms with E-state index in [1.807, 2.05) is 0 Å². The first-order chi connectivity index (χ1) is 30.4. The summed E-state index contributed by atoms with van der Waals surface area (Å²) in [5.74, 6) is -3.10. The summed E-state index contributed by atoms with van der Waals surface area (Å²) in [5, 5.41) is 12.9. The van der Waals surface area contributed by atoms with E-state index in [9.17, 15) is 51.6 Å². The van der Waals surface area contributed by atoms with Crippen LogP contribution >= 0.6 is 0 Å². The lowest BCUT2D eigenvalue weighted by molar-refractivity contribution is -0.142. The number of anilines is 1. The van der Waals surface area contributed by atoms with Crippen molar-refractivity contribution in [2.75, 3.05) is 57.9 Å². The Labute approximate surface area is 371 Å². The number of hydrogen-bond donors (Lipinski definition) is 8. The van der Waals surface area contributed by atoms with Crippen molar-refractivity contribution in [2.24, 2.45) is 11.7 Å². The van der Waals surface area contributed by atoms with Crippen molar-refractivity contribution in [3.63, 3.8) is 0 Å². The van der Waals surface area contributed by atoms with E-state index < -0.39 is 64.2 Å². The molecule has 0 radical (unpaired) electrons. The predicted molar refractivity (Wildman–Crippen MR) is 227 cm³/mol. The van der Waals surface area contributed by atoms with E-state index in [1.54, 1.807) is 42.8 Å². The lowest BCUT2D eigenvalue weighted by atomic mass is 10.0. The van der Waals surface area contributed by atoms with E-state index in [0.717, 1.165) is 4.90 Å². The molecule has 0 aromatic heterocycles. The molecule has 2 rings (SSSR count). The van der Waals surface area contributed by atoms with Gasteiger partial charge in [0.15, 0.2) is 0 Å². The summed E-state index contributed by atoms with van der Waals surface area (Å²) in [7, 11) is -4.31. The number of primary amides is 1. The molecule has 1 aromatic rings. The fraction of sp³-hybridized carbons (Fsp3) is 0.564. The third-order valence-electron chi connectivity index (χ3n) is 8.77. The molecule has 0 spiro atoms. The fourth-order valence-electron chi connectivity index (χ4n) is 5.51. The average Bonchev–Trinajstić information content (AvgIpc) is 3.54. The van der Waals surface area contributed by atoms with Crippen LogP contribution in [0.25, 0.3) is 0 Å². The van der Waals surface area contributed by atoms with Crippen LogP contribution in [0.4, 0.5) is 20.1 Å². The zero-order valence-electron chi connectivity index (χ0n) is 36.1. The minimum atomic E-state index is -4.31. The molecule has 356 valence electrons. The van der Waals surface area contributed by atoms with Gasteiger partial charge in [-0.3, -0.25) is 33.7 Å². The molecule has 24 nitrogen and oxygen atoms in total. The third kappa shape index (κ3) is 23.2. The quantitative estimate of drug-likeness (QED) is 0.0217. The van der Waals surface area contributed by atoms with Gasteiger partial charge in [0, 0.05) is 57.4 Å². The van der Waals surface area contributed by atoms with Crippen LogP contribution in [0, 0.1) is 5.92 Å². The number of carbonyl (C=O) groups excluding carboxylic acids is 9. The summed E-state index contributed by atoms with van der Waals surface area (Å²) in [4.78, 5) is 109. The Morgan fingerprint density at radius 1 is 0.734 bits per heavy atom. The number of alkyl carbamates (subject to hydrolysis) is 1. The highest BCUT2D eigenvalue weighted by Gasteiger charge is 2.29. The average molecular weight is 926 g/mol. The molecular formula is C39H59N9O15S. The number of nitrogens with one attached hydrogen (secondary N) is 7. The zero-order chi connectivity index (χ0) is 47.5. The maximum atomic E-state index is 13.3. The minimum absolute atomic E-state index is 0.0490. The molecule has 1 unspecified atom stereocenters. The van der Waals surface area contributed by atoms with Gasteiger partial charge in [0.25, 0.3) is 11.8 Å². The van der Waals surface area contributed by atoms with E-state index in [2.05, 4.69) is 31.3 Å². The second-order valence-corrected chi connectivity index (χ2v) is 15.9. The second-order valence-electron chi connectivity index (χ2n) is 14.4. The highest BCUT2D eigenvalue weighted by atomic mass is 32.2. The van der Waals surface area contributed by atoms with E-state index in [-0.39, 0.29) is 103 Å². The zero-order valence-corrected chi connectivity index (χ0v) is 36.9. The molecule has 25 heteroatoms. The molecule has 9 N–H and O–H groups in total. The van der Waals surface area contributed by atoms with Gasteiger partial charge in [-0.05, 0) is 55.7 Å². The summed E-state index contributed by atoms with van der Waals surface area (Å²) in [6.45, 7) is 4.18. The van der Waals surface area contributed by atoms with Gasteiger partial charge >= 0.3 is 34.4 Å². The molecular weight excluding hydrogens is 867 g/mol. The molecule has 0 saturated carbocycles. The number of urea groups is 1. The Hall–Kier alpha value is -6.34. The summed E-state index contributed by atoms with van der Waals surface area (Å²) in [6, 6.07) is 3.49.